The third-order valence-corrected chi connectivity index (χ3v) is 2.22. The van der Waals surface area contributed by atoms with Gasteiger partial charge in [-0.25, -0.2) is 9.18 Å². The van der Waals surface area contributed by atoms with E-state index in [9.17, 15) is 9.18 Å². The number of urea groups is 1. The summed E-state index contributed by atoms with van der Waals surface area (Å²) in [6, 6.07) is 3.91. The number of amides is 2. The fourth-order valence-electron chi connectivity index (χ4n) is 1.24. The minimum absolute atomic E-state index is 0.122. The fourth-order valence-corrected chi connectivity index (χ4v) is 1.24. The quantitative estimate of drug-likeness (QED) is 0.757. The molecule has 0 fully saturated rings. The highest BCUT2D eigenvalue weighted by molar-refractivity contribution is 5.89. The zero-order valence-corrected chi connectivity index (χ0v) is 10.2. The Hall–Kier alpha value is -1.62. The zero-order chi connectivity index (χ0) is 13.1. The molecule has 2 amide bonds. The van der Waals surface area contributed by atoms with Crippen molar-refractivity contribution in [2.45, 2.75) is 26.3 Å². The summed E-state index contributed by atoms with van der Waals surface area (Å²) in [7, 11) is 0. The van der Waals surface area contributed by atoms with E-state index in [2.05, 4.69) is 10.6 Å². The Morgan fingerprint density at radius 3 is 2.71 bits per heavy atom. The number of halogens is 1. The number of anilines is 1. The van der Waals surface area contributed by atoms with Crippen LogP contribution in [0.2, 0.25) is 0 Å². The molecule has 5 heteroatoms. The number of nitrogens with one attached hydrogen (secondary N) is 2. The first-order valence-corrected chi connectivity index (χ1v) is 5.30. The van der Waals surface area contributed by atoms with Crippen molar-refractivity contribution in [3.63, 3.8) is 0 Å². The van der Waals surface area contributed by atoms with Gasteiger partial charge in [-0.05, 0) is 38.5 Å². The van der Waals surface area contributed by atoms with Gasteiger partial charge in [-0.2, -0.15) is 0 Å². The summed E-state index contributed by atoms with van der Waals surface area (Å²) < 4.78 is 13.4. The number of hydrogen-bond donors (Lipinski definition) is 3. The molecule has 3 N–H and O–H groups in total. The second-order valence-corrected chi connectivity index (χ2v) is 4.60. The van der Waals surface area contributed by atoms with Crippen molar-refractivity contribution in [3.8, 4) is 0 Å². The summed E-state index contributed by atoms with van der Waals surface area (Å²) in [5.74, 6) is -0.493. The molecular weight excluding hydrogens is 223 g/mol. The van der Waals surface area contributed by atoms with Crippen molar-refractivity contribution in [2.24, 2.45) is 0 Å². The molecule has 0 aromatic heterocycles. The van der Waals surface area contributed by atoms with E-state index in [1.54, 1.807) is 32.9 Å². The molecule has 0 unspecified atom stereocenters. The largest absolute Gasteiger partial charge is 0.394 e. The molecule has 1 aromatic carbocycles. The maximum atomic E-state index is 13.4. The Kier molecular flexibility index (Phi) is 4.07. The number of carbonyl (C=O) groups is 1. The van der Waals surface area contributed by atoms with Crippen LogP contribution in [0.1, 0.15) is 19.4 Å². The first kappa shape index (κ1) is 13.4. The number of carbonyl (C=O) groups excluding carboxylic acids is 1. The molecule has 0 radical (unpaired) electrons. The van der Waals surface area contributed by atoms with Gasteiger partial charge < -0.3 is 15.7 Å². The number of benzene rings is 1. The van der Waals surface area contributed by atoms with Gasteiger partial charge in [0.05, 0.1) is 17.8 Å². The Labute approximate surface area is 99.8 Å². The maximum absolute atomic E-state index is 13.4. The van der Waals surface area contributed by atoms with E-state index < -0.39 is 17.4 Å². The first-order valence-electron chi connectivity index (χ1n) is 5.30. The summed E-state index contributed by atoms with van der Waals surface area (Å²) in [5.41, 5.74) is 0.226. The molecule has 0 atom stereocenters. The van der Waals surface area contributed by atoms with Gasteiger partial charge in [0.1, 0.15) is 5.82 Å². The van der Waals surface area contributed by atoms with Crippen LogP contribution in [-0.4, -0.2) is 23.3 Å². The predicted octanol–water partition coefficient (Wildman–Crippen LogP) is 2.03. The van der Waals surface area contributed by atoms with E-state index in [0.29, 0.717) is 0 Å². The van der Waals surface area contributed by atoms with Crippen LogP contribution in [0.15, 0.2) is 18.2 Å². The smallest absolute Gasteiger partial charge is 0.319 e. The van der Waals surface area contributed by atoms with Crippen LogP contribution < -0.4 is 10.6 Å². The van der Waals surface area contributed by atoms with Gasteiger partial charge in [0.15, 0.2) is 0 Å². The first-order chi connectivity index (χ1) is 7.84. The van der Waals surface area contributed by atoms with E-state index in [1.165, 1.54) is 6.07 Å². The second-order valence-electron chi connectivity index (χ2n) is 4.60. The number of aryl methyl sites for hydroxylation is 1. The molecule has 0 aliphatic rings. The third kappa shape index (κ3) is 4.03. The minimum Gasteiger partial charge on any atom is -0.394 e. The van der Waals surface area contributed by atoms with Gasteiger partial charge in [-0.1, -0.05) is 6.07 Å². The Bertz CT molecular complexity index is 419. The van der Waals surface area contributed by atoms with Crippen LogP contribution in [0, 0.1) is 12.7 Å². The highest BCUT2D eigenvalue weighted by Crippen LogP contribution is 2.15. The molecular formula is C12H17FN2O2. The van der Waals surface area contributed by atoms with Crippen LogP contribution >= 0.6 is 0 Å². The van der Waals surface area contributed by atoms with E-state index in [1.807, 2.05) is 0 Å². The molecule has 0 saturated carbocycles. The molecule has 1 aromatic rings. The van der Waals surface area contributed by atoms with Crippen molar-refractivity contribution < 1.29 is 14.3 Å². The Morgan fingerprint density at radius 2 is 2.12 bits per heavy atom. The number of aliphatic hydroxyl groups excluding tert-OH is 1. The van der Waals surface area contributed by atoms with Crippen LogP contribution in [-0.2, 0) is 0 Å². The van der Waals surface area contributed by atoms with Gasteiger partial charge in [0.25, 0.3) is 0 Å². The minimum atomic E-state index is -0.746. The summed E-state index contributed by atoms with van der Waals surface area (Å²) >= 11 is 0. The molecule has 0 heterocycles. The summed E-state index contributed by atoms with van der Waals surface area (Å²) in [5, 5.41) is 13.9. The lowest BCUT2D eigenvalue weighted by atomic mass is 10.1. The molecule has 0 aliphatic heterocycles. The predicted molar refractivity (Wildman–Crippen MR) is 64.5 cm³/mol. The van der Waals surface area contributed by atoms with Crippen LogP contribution in [0.4, 0.5) is 14.9 Å². The molecule has 0 saturated heterocycles. The zero-order valence-electron chi connectivity index (χ0n) is 10.2. The molecule has 0 aliphatic carbocycles. The molecule has 4 nitrogen and oxygen atoms in total. The Balaban J connectivity index is 2.71. The number of rotatable bonds is 3. The average Bonchev–Trinajstić information content (AvgIpc) is 2.23. The van der Waals surface area contributed by atoms with Crippen molar-refractivity contribution in [1.29, 1.82) is 0 Å². The van der Waals surface area contributed by atoms with Crippen molar-refractivity contribution in [2.75, 3.05) is 11.9 Å². The van der Waals surface area contributed by atoms with E-state index in [4.69, 9.17) is 5.11 Å². The van der Waals surface area contributed by atoms with E-state index in [0.717, 1.165) is 5.56 Å². The SMILES string of the molecule is Cc1ccc(F)c(NC(=O)NC(C)(C)CO)c1. The fraction of sp³-hybridized carbons (Fsp3) is 0.417. The van der Waals surface area contributed by atoms with Gasteiger partial charge in [-0.3, -0.25) is 0 Å². The highest BCUT2D eigenvalue weighted by Gasteiger charge is 2.19. The summed E-state index contributed by atoms with van der Waals surface area (Å²) in [6.45, 7) is 4.94. The molecule has 94 valence electrons. The lowest BCUT2D eigenvalue weighted by Gasteiger charge is -2.23. The molecule has 17 heavy (non-hydrogen) atoms. The number of aliphatic hydroxyl groups is 1. The highest BCUT2D eigenvalue weighted by atomic mass is 19.1. The molecule has 0 bridgehead atoms. The van der Waals surface area contributed by atoms with Crippen molar-refractivity contribution in [3.05, 3.63) is 29.6 Å². The lowest BCUT2D eigenvalue weighted by Crippen LogP contribution is -2.48. The van der Waals surface area contributed by atoms with Crippen LogP contribution in [0.3, 0.4) is 0 Å². The van der Waals surface area contributed by atoms with Gasteiger partial charge in [0.2, 0.25) is 0 Å². The second kappa shape index (κ2) is 5.14. The van der Waals surface area contributed by atoms with Gasteiger partial charge in [0, 0.05) is 0 Å². The third-order valence-electron chi connectivity index (χ3n) is 2.22. The van der Waals surface area contributed by atoms with Crippen LogP contribution in [0.5, 0.6) is 0 Å². The van der Waals surface area contributed by atoms with E-state index >= 15 is 0 Å². The Morgan fingerprint density at radius 1 is 1.47 bits per heavy atom. The molecule has 1 rings (SSSR count). The van der Waals surface area contributed by atoms with Gasteiger partial charge in [-0.15, -0.1) is 0 Å². The van der Waals surface area contributed by atoms with Crippen molar-refractivity contribution in [1.82, 2.24) is 5.32 Å². The normalized spacial score (nSPS) is 11.1. The maximum Gasteiger partial charge on any atom is 0.319 e. The number of hydrogen-bond acceptors (Lipinski definition) is 2. The molecule has 0 spiro atoms. The van der Waals surface area contributed by atoms with Crippen molar-refractivity contribution >= 4 is 11.7 Å². The standard InChI is InChI=1S/C12H17FN2O2/c1-8-4-5-9(13)10(6-8)14-11(17)15-12(2,3)7-16/h4-6,16H,7H2,1-3H3,(H2,14,15,17). The monoisotopic (exact) mass is 240 g/mol. The van der Waals surface area contributed by atoms with E-state index in [-0.39, 0.29) is 12.3 Å². The summed E-state index contributed by atoms with van der Waals surface area (Å²) in [4.78, 5) is 11.6. The van der Waals surface area contributed by atoms with Gasteiger partial charge >= 0.3 is 6.03 Å². The lowest BCUT2D eigenvalue weighted by molar-refractivity contribution is 0.187. The van der Waals surface area contributed by atoms with Crippen LogP contribution in [0.25, 0.3) is 0 Å². The topological polar surface area (TPSA) is 61.4 Å². The summed E-state index contributed by atoms with van der Waals surface area (Å²) in [6.07, 6.45) is 0. The average molecular weight is 240 g/mol.